The maximum Gasteiger partial charge on any atom is 0.270 e. The zero-order valence-electron chi connectivity index (χ0n) is 21.2. The highest BCUT2D eigenvalue weighted by atomic mass is 35.5. The Bertz CT molecular complexity index is 1500. The number of amides is 1. The van der Waals surface area contributed by atoms with Gasteiger partial charge in [-0.3, -0.25) is 19.6 Å². The topological polar surface area (TPSA) is 77.0 Å². The van der Waals surface area contributed by atoms with Crippen LogP contribution in [0, 0.1) is 5.82 Å². The number of hydrogen-bond donors (Lipinski definition) is 1. The molecule has 1 aromatic heterocycles. The van der Waals surface area contributed by atoms with Crippen molar-refractivity contribution in [3.05, 3.63) is 70.1 Å². The average molecular weight is 532 g/mol. The molecule has 4 heterocycles. The number of para-hydroxylation sites is 1. The lowest BCUT2D eigenvalue weighted by Crippen LogP contribution is -2.51. The SMILES string of the molecule is CC(C)N1Cc2cc(Nc3ncc4c(n3)N3CCN=C3N(c3c(F)cccc3Cl)C4=O)ccc2C2(CC2)C1. The molecule has 0 bridgehead atoms. The number of carbonyl (C=O) groups is 1. The Kier molecular flexibility index (Phi) is 5.25. The molecule has 1 aliphatic carbocycles. The van der Waals surface area contributed by atoms with E-state index in [1.54, 1.807) is 6.07 Å². The normalized spacial score (nSPS) is 19.4. The summed E-state index contributed by atoms with van der Waals surface area (Å²) in [6.45, 7) is 7.52. The molecule has 3 aliphatic heterocycles. The number of carbonyl (C=O) groups excluding carboxylic acids is 1. The summed E-state index contributed by atoms with van der Waals surface area (Å²) in [5.74, 6) is 0.0924. The van der Waals surface area contributed by atoms with Crippen molar-refractivity contribution in [1.29, 1.82) is 0 Å². The van der Waals surface area contributed by atoms with Crippen LogP contribution in [-0.2, 0) is 12.0 Å². The maximum atomic E-state index is 14.8. The van der Waals surface area contributed by atoms with E-state index in [-0.39, 0.29) is 16.3 Å². The van der Waals surface area contributed by atoms with Crippen LogP contribution in [-0.4, -0.2) is 52.4 Å². The number of hydrogen-bond acceptors (Lipinski definition) is 7. The Morgan fingerprint density at radius 1 is 1.18 bits per heavy atom. The molecular weight excluding hydrogens is 505 g/mol. The summed E-state index contributed by atoms with van der Waals surface area (Å²) in [6, 6.07) is 11.4. The van der Waals surface area contributed by atoms with Crippen molar-refractivity contribution in [1.82, 2.24) is 14.9 Å². The monoisotopic (exact) mass is 531 g/mol. The van der Waals surface area contributed by atoms with E-state index in [2.05, 4.69) is 52.2 Å². The standard InChI is InChI=1S/C28H27ClFN7O/c1-16(2)35-14-17-12-18(6-7-20(17)28(15-35)8-9-28)33-26-32-13-19-24(34-26)36-11-10-31-27(36)37(25(19)38)23-21(29)4-3-5-22(23)30/h3-7,12-13,16H,8-11,14-15H2,1-2H3,(H,32,33,34). The minimum absolute atomic E-state index is 0.0180. The van der Waals surface area contributed by atoms with Crippen LogP contribution in [0.25, 0.3) is 0 Å². The fourth-order valence-corrected chi connectivity index (χ4v) is 6.12. The molecule has 38 heavy (non-hydrogen) atoms. The first-order chi connectivity index (χ1) is 18.3. The summed E-state index contributed by atoms with van der Waals surface area (Å²) in [4.78, 5) is 32.8. The predicted octanol–water partition coefficient (Wildman–Crippen LogP) is 5.10. The van der Waals surface area contributed by atoms with Crippen LogP contribution in [0.4, 0.5) is 27.5 Å². The summed E-state index contributed by atoms with van der Waals surface area (Å²) in [7, 11) is 0. The van der Waals surface area contributed by atoms with Crippen LogP contribution in [0.15, 0.2) is 47.6 Å². The molecule has 1 spiro atoms. The number of aliphatic imine (C=N–C) groups is 1. The molecule has 1 N–H and O–H groups in total. The molecule has 8 nitrogen and oxygen atoms in total. The molecule has 194 valence electrons. The van der Waals surface area contributed by atoms with Gasteiger partial charge >= 0.3 is 0 Å². The highest BCUT2D eigenvalue weighted by molar-refractivity contribution is 6.38. The first kappa shape index (κ1) is 23.5. The van der Waals surface area contributed by atoms with E-state index < -0.39 is 11.7 Å². The summed E-state index contributed by atoms with van der Waals surface area (Å²) < 4.78 is 14.8. The quantitative estimate of drug-likeness (QED) is 0.504. The smallest absolute Gasteiger partial charge is 0.270 e. The second kappa shape index (κ2) is 8.47. The number of nitrogens with one attached hydrogen (secondary N) is 1. The number of aromatic nitrogens is 2. The van der Waals surface area contributed by atoms with Gasteiger partial charge in [0.25, 0.3) is 5.91 Å². The molecule has 0 saturated heterocycles. The van der Waals surface area contributed by atoms with E-state index in [1.807, 2.05) is 4.90 Å². The van der Waals surface area contributed by atoms with E-state index in [0.717, 1.165) is 18.8 Å². The van der Waals surface area contributed by atoms with Gasteiger partial charge in [0.2, 0.25) is 11.9 Å². The highest BCUT2D eigenvalue weighted by Gasteiger charge is 2.49. The van der Waals surface area contributed by atoms with Crippen molar-refractivity contribution in [2.75, 3.05) is 34.8 Å². The molecule has 10 heteroatoms. The highest BCUT2D eigenvalue weighted by Crippen LogP contribution is 2.53. The van der Waals surface area contributed by atoms with E-state index in [1.165, 1.54) is 47.2 Å². The summed E-state index contributed by atoms with van der Waals surface area (Å²) >= 11 is 6.31. The lowest BCUT2D eigenvalue weighted by Gasteiger charge is -2.37. The van der Waals surface area contributed by atoms with E-state index >= 15 is 0 Å². The number of halogens is 2. The Morgan fingerprint density at radius 3 is 2.79 bits per heavy atom. The number of rotatable bonds is 4. The van der Waals surface area contributed by atoms with Gasteiger partial charge in [-0.2, -0.15) is 4.98 Å². The lowest BCUT2D eigenvalue weighted by molar-refractivity contribution is 0.0999. The van der Waals surface area contributed by atoms with Crippen molar-refractivity contribution < 1.29 is 9.18 Å². The summed E-state index contributed by atoms with van der Waals surface area (Å²) in [5.41, 5.74) is 4.26. The lowest BCUT2D eigenvalue weighted by atomic mass is 9.86. The third-order valence-electron chi connectivity index (χ3n) is 8.03. The Labute approximate surface area is 225 Å². The second-order valence-electron chi connectivity index (χ2n) is 10.8. The Morgan fingerprint density at radius 2 is 2.03 bits per heavy atom. The van der Waals surface area contributed by atoms with E-state index in [9.17, 15) is 9.18 Å². The Balaban J connectivity index is 1.22. The zero-order chi connectivity index (χ0) is 26.2. The van der Waals surface area contributed by atoms with Crippen molar-refractivity contribution in [2.45, 2.75) is 44.7 Å². The summed E-state index contributed by atoms with van der Waals surface area (Å²) in [6.07, 6.45) is 3.97. The van der Waals surface area contributed by atoms with Crippen LogP contribution in [0.2, 0.25) is 5.02 Å². The average Bonchev–Trinajstić information content (AvgIpc) is 3.48. The molecule has 3 aromatic rings. The predicted molar refractivity (Wildman–Crippen MR) is 146 cm³/mol. The van der Waals surface area contributed by atoms with Gasteiger partial charge in [-0.05, 0) is 62.1 Å². The van der Waals surface area contributed by atoms with Gasteiger partial charge in [-0.1, -0.05) is 23.7 Å². The van der Waals surface area contributed by atoms with Crippen molar-refractivity contribution >= 4 is 46.6 Å². The molecule has 1 saturated carbocycles. The molecule has 7 rings (SSSR count). The fourth-order valence-electron chi connectivity index (χ4n) is 5.87. The van der Waals surface area contributed by atoms with Crippen LogP contribution < -0.4 is 15.1 Å². The number of nitrogens with zero attached hydrogens (tertiary/aromatic N) is 6. The third-order valence-corrected chi connectivity index (χ3v) is 8.34. The number of benzene rings is 2. The number of anilines is 4. The van der Waals surface area contributed by atoms with Gasteiger partial charge in [0.1, 0.15) is 17.1 Å². The molecule has 2 aromatic carbocycles. The van der Waals surface area contributed by atoms with Gasteiger partial charge in [0.15, 0.2) is 5.82 Å². The van der Waals surface area contributed by atoms with Crippen molar-refractivity contribution in [3.8, 4) is 0 Å². The third kappa shape index (κ3) is 3.60. The second-order valence-corrected chi connectivity index (χ2v) is 11.2. The molecule has 0 unspecified atom stereocenters. The summed E-state index contributed by atoms with van der Waals surface area (Å²) in [5, 5.41) is 3.47. The van der Waals surface area contributed by atoms with Crippen molar-refractivity contribution in [3.63, 3.8) is 0 Å². The maximum absolute atomic E-state index is 14.8. The van der Waals surface area contributed by atoms with E-state index in [4.69, 9.17) is 16.6 Å². The van der Waals surface area contributed by atoms with Crippen LogP contribution in [0.5, 0.6) is 0 Å². The Hall–Kier alpha value is -3.56. The molecule has 1 fully saturated rings. The molecule has 4 aliphatic rings. The molecule has 1 amide bonds. The minimum Gasteiger partial charge on any atom is -0.324 e. The van der Waals surface area contributed by atoms with Gasteiger partial charge in [0, 0.05) is 43.0 Å². The molecule has 0 radical (unpaired) electrons. The largest absolute Gasteiger partial charge is 0.324 e. The van der Waals surface area contributed by atoms with Gasteiger partial charge in [-0.25, -0.2) is 14.3 Å². The fraction of sp³-hybridized carbons (Fsp3) is 0.357. The number of guanidine groups is 1. The molecule has 0 atom stereocenters. The van der Waals surface area contributed by atoms with Crippen LogP contribution >= 0.6 is 11.6 Å². The number of fused-ring (bicyclic) bond motifs is 5. The van der Waals surface area contributed by atoms with Crippen LogP contribution in [0.3, 0.4) is 0 Å². The minimum atomic E-state index is -0.598. The first-order valence-corrected chi connectivity index (χ1v) is 13.3. The van der Waals surface area contributed by atoms with Crippen molar-refractivity contribution in [2.24, 2.45) is 4.99 Å². The van der Waals surface area contributed by atoms with E-state index in [0.29, 0.717) is 42.3 Å². The zero-order valence-corrected chi connectivity index (χ0v) is 22.0. The molecular formula is C28H27ClFN7O. The van der Waals surface area contributed by atoms with Gasteiger partial charge < -0.3 is 5.32 Å². The van der Waals surface area contributed by atoms with Gasteiger partial charge in [0.05, 0.1) is 11.6 Å². The van der Waals surface area contributed by atoms with Gasteiger partial charge in [-0.15, -0.1) is 0 Å². The van der Waals surface area contributed by atoms with Crippen LogP contribution in [0.1, 0.15) is 48.2 Å². The first-order valence-electron chi connectivity index (χ1n) is 13.0.